The molecule has 110 valence electrons. The van der Waals surface area contributed by atoms with Crippen molar-refractivity contribution in [1.82, 2.24) is 15.5 Å². The van der Waals surface area contributed by atoms with Crippen LogP contribution in [-0.2, 0) is 5.60 Å². The smallest absolute Gasteiger partial charge is 0.320 e. The number of rotatable bonds is 4. The van der Waals surface area contributed by atoms with Crippen LogP contribution in [0.2, 0.25) is 5.02 Å². The van der Waals surface area contributed by atoms with Crippen LogP contribution in [0.15, 0.2) is 42.6 Å². The third kappa shape index (κ3) is 4.14. The number of aromatic nitrogens is 2. The van der Waals surface area contributed by atoms with Gasteiger partial charge in [-0.3, -0.25) is 5.32 Å². The summed E-state index contributed by atoms with van der Waals surface area (Å²) in [6, 6.07) is 9.73. The van der Waals surface area contributed by atoms with Crippen molar-refractivity contribution in [3.05, 3.63) is 53.2 Å². The van der Waals surface area contributed by atoms with Gasteiger partial charge >= 0.3 is 6.03 Å². The molecule has 0 radical (unpaired) electrons. The van der Waals surface area contributed by atoms with Gasteiger partial charge in [-0.2, -0.15) is 5.10 Å². The average Bonchev–Trinajstić information content (AvgIpc) is 2.47. The van der Waals surface area contributed by atoms with E-state index in [1.165, 1.54) is 6.20 Å². The molecule has 7 heteroatoms. The van der Waals surface area contributed by atoms with Gasteiger partial charge < -0.3 is 10.4 Å². The number of carbonyl (C=O) groups is 1. The molecule has 2 rings (SSSR count). The Morgan fingerprint density at radius 3 is 2.76 bits per heavy atom. The van der Waals surface area contributed by atoms with Crippen molar-refractivity contribution in [3.63, 3.8) is 0 Å². The van der Waals surface area contributed by atoms with Crippen molar-refractivity contribution >= 4 is 23.4 Å². The number of amides is 2. The summed E-state index contributed by atoms with van der Waals surface area (Å²) in [5, 5.41) is 23.3. The first-order chi connectivity index (χ1) is 9.99. The molecule has 0 spiro atoms. The molecule has 0 saturated heterocycles. The monoisotopic (exact) mass is 306 g/mol. The number of urea groups is 1. The minimum atomic E-state index is -1.28. The zero-order valence-corrected chi connectivity index (χ0v) is 12.1. The molecule has 0 aliphatic rings. The quantitative estimate of drug-likeness (QED) is 0.808. The molecule has 0 unspecified atom stereocenters. The Bertz CT molecular complexity index is 619. The molecule has 0 aliphatic carbocycles. The number of nitrogens with one attached hydrogen (secondary N) is 2. The van der Waals surface area contributed by atoms with E-state index in [0.29, 0.717) is 16.4 Å². The van der Waals surface area contributed by atoms with Crippen molar-refractivity contribution in [2.45, 2.75) is 12.5 Å². The topological polar surface area (TPSA) is 87.1 Å². The van der Waals surface area contributed by atoms with Gasteiger partial charge in [-0.25, -0.2) is 4.79 Å². The summed E-state index contributed by atoms with van der Waals surface area (Å²) in [7, 11) is 0. The lowest BCUT2D eigenvalue weighted by atomic mass is 9.96. The van der Waals surface area contributed by atoms with Crippen LogP contribution in [0.25, 0.3) is 0 Å². The van der Waals surface area contributed by atoms with Gasteiger partial charge in [0, 0.05) is 16.8 Å². The van der Waals surface area contributed by atoms with Crippen LogP contribution >= 0.6 is 11.6 Å². The summed E-state index contributed by atoms with van der Waals surface area (Å²) in [5.41, 5.74) is -0.732. The van der Waals surface area contributed by atoms with E-state index in [9.17, 15) is 9.90 Å². The first kappa shape index (κ1) is 15.2. The third-order valence-electron chi connectivity index (χ3n) is 2.86. The van der Waals surface area contributed by atoms with E-state index < -0.39 is 11.6 Å². The predicted molar refractivity (Wildman–Crippen MR) is 80.1 cm³/mol. The molecule has 2 aromatic rings. The Balaban J connectivity index is 1.96. The Labute approximate surface area is 127 Å². The fourth-order valence-corrected chi connectivity index (χ4v) is 2.11. The maximum absolute atomic E-state index is 11.7. The second kappa shape index (κ2) is 6.51. The van der Waals surface area contributed by atoms with E-state index >= 15 is 0 Å². The van der Waals surface area contributed by atoms with Gasteiger partial charge in [0.05, 0.1) is 6.54 Å². The van der Waals surface area contributed by atoms with Crippen molar-refractivity contribution in [2.24, 2.45) is 0 Å². The molecule has 1 aromatic heterocycles. The fraction of sp³-hybridized carbons (Fsp3) is 0.214. The summed E-state index contributed by atoms with van der Waals surface area (Å²) in [4.78, 5) is 11.7. The van der Waals surface area contributed by atoms with E-state index in [4.69, 9.17) is 11.6 Å². The largest absolute Gasteiger partial charge is 0.384 e. The number of aliphatic hydroxyl groups is 1. The molecule has 3 N–H and O–H groups in total. The molecule has 21 heavy (non-hydrogen) atoms. The summed E-state index contributed by atoms with van der Waals surface area (Å²) >= 11 is 6.05. The number of nitrogens with zero attached hydrogens (tertiary/aromatic N) is 2. The van der Waals surface area contributed by atoms with Crippen molar-refractivity contribution in [3.8, 4) is 0 Å². The van der Waals surface area contributed by atoms with Crippen LogP contribution in [0, 0.1) is 0 Å². The normalized spacial score (nSPS) is 13.3. The number of carbonyl (C=O) groups excluding carboxylic acids is 1. The highest BCUT2D eigenvalue weighted by molar-refractivity contribution is 6.31. The molecule has 0 fully saturated rings. The highest BCUT2D eigenvalue weighted by atomic mass is 35.5. The molecule has 2 amide bonds. The van der Waals surface area contributed by atoms with E-state index in [-0.39, 0.29) is 6.54 Å². The van der Waals surface area contributed by atoms with Gasteiger partial charge in [-0.1, -0.05) is 29.8 Å². The molecule has 1 heterocycles. The van der Waals surface area contributed by atoms with E-state index in [0.717, 1.165) is 0 Å². The molecule has 6 nitrogen and oxygen atoms in total. The lowest BCUT2D eigenvalue weighted by Crippen LogP contribution is -2.40. The molecule has 1 aromatic carbocycles. The minimum absolute atomic E-state index is 0.00281. The molecule has 0 bridgehead atoms. The Hall–Kier alpha value is -2.18. The van der Waals surface area contributed by atoms with Gasteiger partial charge in [0.2, 0.25) is 0 Å². The summed E-state index contributed by atoms with van der Waals surface area (Å²) < 4.78 is 0. The van der Waals surface area contributed by atoms with E-state index in [2.05, 4.69) is 20.8 Å². The molecular formula is C14H15ClN4O2. The first-order valence-electron chi connectivity index (χ1n) is 6.29. The van der Waals surface area contributed by atoms with Gasteiger partial charge in [0.25, 0.3) is 0 Å². The number of hydrogen-bond acceptors (Lipinski definition) is 4. The minimum Gasteiger partial charge on any atom is -0.384 e. The van der Waals surface area contributed by atoms with Crippen LogP contribution in [0.3, 0.4) is 0 Å². The SMILES string of the molecule is C[C@](O)(CNC(=O)Nc1cccnn1)c1ccccc1Cl. The van der Waals surface area contributed by atoms with Crippen LogP contribution in [-0.4, -0.2) is 27.9 Å². The fourth-order valence-electron chi connectivity index (χ4n) is 1.77. The zero-order chi connectivity index (χ0) is 15.3. The lowest BCUT2D eigenvalue weighted by molar-refractivity contribution is 0.0600. The number of hydrogen-bond donors (Lipinski definition) is 3. The second-order valence-corrected chi connectivity index (χ2v) is 5.08. The highest BCUT2D eigenvalue weighted by Gasteiger charge is 2.26. The highest BCUT2D eigenvalue weighted by Crippen LogP contribution is 2.27. The standard InChI is InChI=1S/C14H15ClN4O2/c1-14(21,10-5-2-3-6-11(10)15)9-16-13(20)18-12-7-4-8-17-19-12/h2-8,21H,9H2,1H3,(H2,16,18,19,20)/t14-/m0/s1. The van der Waals surface area contributed by atoms with Gasteiger partial charge in [-0.05, 0) is 25.1 Å². The third-order valence-corrected chi connectivity index (χ3v) is 3.19. The second-order valence-electron chi connectivity index (χ2n) is 4.67. The number of halogens is 1. The van der Waals surface area contributed by atoms with Gasteiger partial charge in [0.1, 0.15) is 5.60 Å². The van der Waals surface area contributed by atoms with Crippen LogP contribution in [0.4, 0.5) is 10.6 Å². The Morgan fingerprint density at radius 1 is 1.33 bits per heavy atom. The summed E-state index contributed by atoms with van der Waals surface area (Å²) in [5.74, 6) is 0.326. The van der Waals surface area contributed by atoms with Gasteiger partial charge in [-0.15, -0.1) is 5.10 Å². The first-order valence-corrected chi connectivity index (χ1v) is 6.67. The van der Waals surface area contributed by atoms with E-state index in [1.54, 1.807) is 43.3 Å². The Morgan fingerprint density at radius 2 is 2.10 bits per heavy atom. The van der Waals surface area contributed by atoms with Crippen LogP contribution in [0.1, 0.15) is 12.5 Å². The number of anilines is 1. The maximum Gasteiger partial charge on any atom is 0.320 e. The molecule has 0 saturated carbocycles. The Kier molecular flexibility index (Phi) is 4.72. The van der Waals surface area contributed by atoms with Gasteiger partial charge in [0.15, 0.2) is 5.82 Å². The number of benzene rings is 1. The summed E-state index contributed by atoms with van der Waals surface area (Å²) in [6.07, 6.45) is 1.51. The van der Waals surface area contributed by atoms with Crippen molar-refractivity contribution in [1.29, 1.82) is 0 Å². The maximum atomic E-state index is 11.7. The lowest BCUT2D eigenvalue weighted by Gasteiger charge is -2.25. The van der Waals surface area contributed by atoms with Crippen LogP contribution < -0.4 is 10.6 Å². The average molecular weight is 307 g/mol. The van der Waals surface area contributed by atoms with Crippen molar-refractivity contribution < 1.29 is 9.90 Å². The summed E-state index contributed by atoms with van der Waals surface area (Å²) in [6.45, 7) is 1.58. The van der Waals surface area contributed by atoms with E-state index in [1.807, 2.05) is 0 Å². The molecule has 1 atom stereocenters. The predicted octanol–water partition coefficient (Wildman–Crippen LogP) is 2.16. The zero-order valence-electron chi connectivity index (χ0n) is 11.4. The van der Waals surface area contributed by atoms with Crippen LogP contribution in [0.5, 0.6) is 0 Å². The molecular weight excluding hydrogens is 292 g/mol. The molecule has 0 aliphatic heterocycles. The van der Waals surface area contributed by atoms with Crippen molar-refractivity contribution in [2.75, 3.05) is 11.9 Å².